The van der Waals surface area contributed by atoms with Crippen LogP contribution in [-0.4, -0.2) is 28.6 Å². The van der Waals surface area contributed by atoms with Crippen molar-refractivity contribution in [3.8, 4) is 5.75 Å². The number of carboxylic acids is 1. The number of carbonyl (C=O) groups is 2. The van der Waals surface area contributed by atoms with E-state index in [4.69, 9.17) is 5.11 Å². The van der Waals surface area contributed by atoms with E-state index >= 15 is 0 Å². The molecule has 1 atom stereocenters. The van der Waals surface area contributed by atoms with E-state index in [0.29, 0.717) is 13.0 Å². The summed E-state index contributed by atoms with van der Waals surface area (Å²) in [4.78, 5) is 23.4. The standard InChI is InChI=1S/C20H21NO4/c22-18-6-2-3-15-16(18)4-1-5-17(15)19(23)21-12-11-13-7-9-14(10-8-13)20(24)25/h2-3,6-10,17,22H,1,4-5,11-12H2,(H,21,23)(H,24,25). The van der Waals surface area contributed by atoms with Crippen molar-refractivity contribution >= 4 is 11.9 Å². The lowest BCUT2D eigenvalue weighted by atomic mass is 9.82. The summed E-state index contributed by atoms with van der Waals surface area (Å²) in [5.74, 6) is -0.911. The Morgan fingerprint density at radius 3 is 2.60 bits per heavy atom. The molecule has 1 amide bonds. The minimum absolute atomic E-state index is 0.0197. The van der Waals surface area contributed by atoms with Crippen molar-refractivity contribution in [1.29, 1.82) is 0 Å². The third-order valence-corrected chi connectivity index (χ3v) is 4.71. The normalized spacial score (nSPS) is 16.1. The Kier molecular flexibility index (Phi) is 5.03. The molecule has 3 rings (SSSR count). The summed E-state index contributed by atoms with van der Waals surface area (Å²) in [7, 11) is 0. The third kappa shape index (κ3) is 3.82. The Bertz CT molecular complexity index is 783. The Morgan fingerprint density at radius 1 is 1.12 bits per heavy atom. The molecule has 0 bridgehead atoms. The van der Waals surface area contributed by atoms with Gasteiger partial charge in [0, 0.05) is 6.54 Å². The predicted octanol–water partition coefficient (Wildman–Crippen LogP) is 2.87. The fraction of sp³-hybridized carbons (Fsp3) is 0.300. The van der Waals surface area contributed by atoms with Crippen LogP contribution in [0.2, 0.25) is 0 Å². The number of rotatable bonds is 5. The maximum Gasteiger partial charge on any atom is 0.335 e. The van der Waals surface area contributed by atoms with Gasteiger partial charge in [0.1, 0.15) is 5.75 Å². The number of carbonyl (C=O) groups excluding carboxylic acids is 1. The van der Waals surface area contributed by atoms with Crippen molar-refractivity contribution in [3.63, 3.8) is 0 Å². The number of carboxylic acid groups (broad SMARTS) is 1. The number of hydrogen-bond acceptors (Lipinski definition) is 3. The van der Waals surface area contributed by atoms with Gasteiger partial charge < -0.3 is 15.5 Å². The van der Waals surface area contributed by atoms with Crippen LogP contribution in [0.5, 0.6) is 5.75 Å². The topological polar surface area (TPSA) is 86.6 Å². The van der Waals surface area contributed by atoms with Crippen molar-refractivity contribution in [2.45, 2.75) is 31.6 Å². The second kappa shape index (κ2) is 7.38. The van der Waals surface area contributed by atoms with Crippen molar-refractivity contribution in [2.24, 2.45) is 0 Å². The predicted molar refractivity (Wildman–Crippen MR) is 93.9 cm³/mol. The number of phenols is 1. The molecule has 0 aliphatic heterocycles. The minimum Gasteiger partial charge on any atom is -0.508 e. The number of amides is 1. The second-order valence-corrected chi connectivity index (χ2v) is 6.33. The Labute approximate surface area is 146 Å². The van der Waals surface area contributed by atoms with Gasteiger partial charge in [0.2, 0.25) is 5.91 Å². The van der Waals surface area contributed by atoms with E-state index < -0.39 is 5.97 Å². The first kappa shape index (κ1) is 17.0. The first-order valence-electron chi connectivity index (χ1n) is 8.47. The summed E-state index contributed by atoms with van der Waals surface area (Å²) in [5, 5.41) is 21.8. The molecule has 5 heteroatoms. The molecule has 1 aliphatic carbocycles. The number of phenolic OH excluding ortho intramolecular Hbond substituents is 1. The van der Waals surface area contributed by atoms with Gasteiger partial charge in [-0.05, 0) is 60.6 Å². The van der Waals surface area contributed by atoms with Crippen LogP contribution in [0.15, 0.2) is 42.5 Å². The second-order valence-electron chi connectivity index (χ2n) is 6.33. The molecule has 0 radical (unpaired) electrons. The van der Waals surface area contributed by atoms with Crippen LogP contribution in [0, 0.1) is 0 Å². The summed E-state index contributed by atoms with van der Waals surface area (Å²) in [6.07, 6.45) is 3.13. The van der Waals surface area contributed by atoms with Gasteiger partial charge in [0.25, 0.3) is 0 Å². The highest BCUT2D eigenvalue weighted by Gasteiger charge is 2.27. The largest absolute Gasteiger partial charge is 0.508 e. The Hall–Kier alpha value is -2.82. The molecule has 25 heavy (non-hydrogen) atoms. The van der Waals surface area contributed by atoms with Crippen molar-refractivity contribution in [1.82, 2.24) is 5.32 Å². The van der Waals surface area contributed by atoms with E-state index in [1.807, 2.05) is 6.07 Å². The van der Waals surface area contributed by atoms with Crippen LogP contribution in [0.1, 0.15) is 45.8 Å². The highest BCUT2D eigenvalue weighted by atomic mass is 16.4. The zero-order valence-corrected chi connectivity index (χ0v) is 13.9. The number of nitrogens with one attached hydrogen (secondary N) is 1. The van der Waals surface area contributed by atoms with Crippen molar-refractivity contribution in [3.05, 3.63) is 64.7 Å². The number of hydrogen-bond donors (Lipinski definition) is 3. The molecule has 1 aliphatic rings. The van der Waals surface area contributed by atoms with Gasteiger partial charge in [0.15, 0.2) is 0 Å². The van der Waals surface area contributed by atoms with Crippen LogP contribution >= 0.6 is 0 Å². The summed E-state index contributed by atoms with van der Waals surface area (Å²) in [5.41, 5.74) is 3.05. The van der Waals surface area contributed by atoms with Gasteiger partial charge in [0.05, 0.1) is 11.5 Å². The molecule has 0 heterocycles. The number of aromatic carboxylic acids is 1. The van der Waals surface area contributed by atoms with E-state index in [1.165, 1.54) is 0 Å². The highest BCUT2D eigenvalue weighted by molar-refractivity contribution is 5.87. The number of aromatic hydroxyl groups is 1. The first-order chi connectivity index (χ1) is 12.1. The molecule has 0 saturated heterocycles. The van der Waals surface area contributed by atoms with Crippen LogP contribution in [-0.2, 0) is 17.6 Å². The molecule has 0 spiro atoms. The lowest BCUT2D eigenvalue weighted by molar-refractivity contribution is -0.122. The zero-order valence-electron chi connectivity index (χ0n) is 13.9. The fourth-order valence-electron chi connectivity index (χ4n) is 3.37. The van der Waals surface area contributed by atoms with Crippen LogP contribution in [0.25, 0.3) is 0 Å². The van der Waals surface area contributed by atoms with Crippen molar-refractivity contribution < 1.29 is 19.8 Å². The molecule has 1 unspecified atom stereocenters. The number of benzene rings is 2. The maximum atomic E-state index is 12.5. The van der Waals surface area contributed by atoms with E-state index in [2.05, 4.69) is 5.32 Å². The Morgan fingerprint density at radius 2 is 1.88 bits per heavy atom. The molecule has 3 N–H and O–H groups in total. The van der Waals surface area contributed by atoms with Gasteiger partial charge in [-0.25, -0.2) is 4.79 Å². The average molecular weight is 339 g/mol. The maximum absolute atomic E-state index is 12.5. The summed E-state index contributed by atoms with van der Waals surface area (Å²) < 4.78 is 0. The van der Waals surface area contributed by atoms with Crippen LogP contribution < -0.4 is 5.32 Å². The molecule has 0 aromatic heterocycles. The minimum atomic E-state index is -0.945. The monoisotopic (exact) mass is 339 g/mol. The highest BCUT2D eigenvalue weighted by Crippen LogP contribution is 2.36. The van der Waals surface area contributed by atoms with Crippen LogP contribution in [0.3, 0.4) is 0 Å². The molecule has 0 fully saturated rings. The molecule has 2 aromatic rings. The van der Waals surface area contributed by atoms with Gasteiger partial charge >= 0.3 is 5.97 Å². The van der Waals surface area contributed by atoms with E-state index in [1.54, 1.807) is 36.4 Å². The molecular weight excluding hydrogens is 318 g/mol. The molecular formula is C20H21NO4. The lowest BCUT2D eigenvalue weighted by Crippen LogP contribution is -2.32. The van der Waals surface area contributed by atoms with Gasteiger partial charge in [-0.3, -0.25) is 4.79 Å². The average Bonchev–Trinajstić information content (AvgIpc) is 2.62. The molecule has 130 valence electrons. The quantitative estimate of drug-likeness (QED) is 0.782. The van der Waals surface area contributed by atoms with Crippen LogP contribution in [0.4, 0.5) is 0 Å². The molecule has 5 nitrogen and oxygen atoms in total. The van der Waals surface area contributed by atoms with E-state index in [0.717, 1.165) is 36.0 Å². The Balaban J connectivity index is 1.59. The third-order valence-electron chi connectivity index (χ3n) is 4.71. The van der Waals surface area contributed by atoms with Gasteiger partial charge in [-0.1, -0.05) is 24.3 Å². The zero-order chi connectivity index (χ0) is 17.8. The smallest absolute Gasteiger partial charge is 0.335 e. The summed E-state index contributed by atoms with van der Waals surface area (Å²) in [6, 6.07) is 12.0. The number of fused-ring (bicyclic) bond motifs is 1. The van der Waals surface area contributed by atoms with Crippen molar-refractivity contribution in [2.75, 3.05) is 6.54 Å². The summed E-state index contributed by atoms with van der Waals surface area (Å²) >= 11 is 0. The summed E-state index contributed by atoms with van der Waals surface area (Å²) in [6.45, 7) is 0.496. The fourth-order valence-corrected chi connectivity index (χ4v) is 3.37. The first-order valence-corrected chi connectivity index (χ1v) is 8.47. The molecule has 0 saturated carbocycles. The lowest BCUT2D eigenvalue weighted by Gasteiger charge is -2.25. The van der Waals surface area contributed by atoms with E-state index in [-0.39, 0.29) is 23.1 Å². The van der Waals surface area contributed by atoms with E-state index in [9.17, 15) is 14.7 Å². The van der Waals surface area contributed by atoms with Gasteiger partial charge in [-0.2, -0.15) is 0 Å². The SMILES string of the molecule is O=C(O)c1ccc(CCNC(=O)C2CCCc3c(O)cccc32)cc1. The molecule has 2 aromatic carbocycles. The van der Waals surface area contributed by atoms with Gasteiger partial charge in [-0.15, -0.1) is 0 Å².